The van der Waals surface area contributed by atoms with Gasteiger partial charge in [-0.3, -0.25) is 0 Å². The van der Waals surface area contributed by atoms with Gasteiger partial charge < -0.3 is 4.74 Å². The van der Waals surface area contributed by atoms with E-state index in [1.807, 2.05) is 0 Å². The first kappa shape index (κ1) is 33.0. The molecule has 6 rings (SSSR count). The highest BCUT2D eigenvalue weighted by atomic mass is 28.3. The van der Waals surface area contributed by atoms with Crippen LogP contribution in [-0.4, -0.2) is 19.9 Å². The third-order valence-corrected chi connectivity index (χ3v) is 18.3. The largest absolute Gasteiger partial charge is 0.379 e. The SMILES string of the molecule is CC1CC2C(c3ccccc3)CCCC2C1[Si](C)(COC(C)(C)C)C1C(C)CC2C(c3ccccc3)CCCC21.CCC. The number of rotatable bonds is 6. The van der Waals surface area contributed by atoms with Crippen LogP contribution in [0.1, 0.15) is 129 Å². The predicted molar refractivity (Wildman–Crippen MR) is 188 cm³/mol. The van der Waals surface area contributed by atoms with Crippen LogP contribution in [0.3, 0.4) is 0 Å². The summed E-state index contributed by atoms with van der Waals surface area (Å²) < 4.78 is 6.96. The third-order valence-electron chi connectivity index (χ3n) is 12.5. The van der Waals surface area contributed by atoms with Crippen molar-refractivity contribution in [2.45, 2.75) is 141 Å². The summed E-state index contributed by atoms with van der Waals surface area (Å²) in [7, 11) is -1.82. The second kappa shape index (κ2) is 13.9. The van der Waals surface area contributed by atoms with Gasteiger partial charge in [-0.25, -0.2) is 0 Å². The van der Waals surface area contributed by atoms with Gasteiger partial charge in [0.25, 0.3) is 0 Å². The Balaban J connectivity index is 0.00000118. The lowest BCUT2D eigenvalue weighted by atomic mass is 9.71. The van der Waals surface area contributed by atoms with Crippen LogP contribution >= 0.6 is 0 Å². The summed E-state index contributed by atoms with van der Waals surface area (Å²) in [6.07, 6.45) is 13.7. The van der Waals surface area contributed by atoms with Gasteiger partial charge in [0.2, 0.25) is 0 Å². The van der Waals surface area contributed by atoms with Crippen molar-refractivity contribution in [3.05, 3.63) is 71.8 Å². The quantitative estimate of drug-likeness (QED) is 0.300. The molecule has 0 heterocycles. The van der Waals surface area contributed by atoms with E-state index in [2.05, 4.69) is 116 Å². The molecular weight excluding hydrogens is 537 g/mol. The van der Waals surface area contributed by atoms with E-state index in [9.17, 15) is 0 Å². The lowest BCUT2D eigenvalue weighted by Crippen LogP contribution is -2.54. The molecule has 4 saturated carbocycles. The molecule has 0 saturated heterocycles. The molecule has 0 radical (unpaired) electrons. The van der Waals surface area contributed by atoms with Crippen molar-refractivity contribution in [2.75, 3.05) is 6.23 Å². The Bertz CT molecular complexity index is 1040. The van der Waals surface area contributed by atoms with Gasteiger partial charge in [0, 0.05) is 6.23 Å². The molecule has 4 aliphatic rings. The minimum absolute atomic E-state index is 0.0605. The van der Waals surface area contributed by atoms with Crippen LogP contribution in [0.15, 0.2) is 60.7 Å². The van der Waals surface area contributed by atoms with Crippen LogP contribution in [0.25, 0.3) is 0 Å². The second-order valence-electron chi connectivity index (χ2n) is 16.6. The number of ether oxygens (including phenoxy) is 1. The van der Waals surface area contributed by atoms with Crippen molar-refractivity contribution in [3.8, 4) is 0 Å². The molecule has 238 valence electrons. The fourth-order valence-electron chi connectivity index (χ4n) is 11.5. The Morgan fingerprint density at radius 2 is 1.05 bits per heavy atom. The van der Waals surface area contributed by atoms with Gasteiger partial charge in [-0.1, -0.05) is 127 Å². The number of hydrogen-bond acceptors (Lipinski definition) is 1. The molecule has 4 fully saturated rings. The molecule has 2 heteroatoms. The Morgan fingerprint density at radius 3 is 1.42 bits per heavy atom. The lowest BCUT2D eigenvalue weighted by Gasteiger charge is -2.51. The van der Waals surface area contributed by atoms with Crippen molar-refractivity contribution < 1.29 is 4.74 Å². The normalized spacial score (nSPS) is 37.0. The van der Waals surface area contributed by atoms with E-state index in [0.717, 1.165) is 64.7 Å². The molecule has 1 nitrogen and oxygen atoms in total. The summed E-state index contributed by atoms with van der Waals surface area (Å²) in [5, 5.41) is 0. The van der Waals surface area contributed by atoms with Gasteiger partial charge in [0.1, 0.15) is 0 Å². The minimum Gasteiger partial charge on any atom is -0.379 e. The molecule has 0 spiro atoms. The topological polar surface area (TPSA) is 9.23 Å². The molecule has 2 aromatic carbocycles. The fourth-order valence-corrected chi connectivity index (χ4v) is 18.7. The number of hydrogen-bond donors (Lipinski definition) is 0. The highest BCUT2D eigenvalue weighted by Crippen LogP contribution is 2.67. The van der Waals surface area contributed by atoms with Crippen molar-refractivity contribution in [3.63, 3.8) is 0 Å². The summed E-state index contributed by atoms with van der Waals surface area (Å²) in [5.41, 5.74) is 4.97. The Morgan fingerprint density at radius 1 is 0.651 bits per heavy atom. The molecule has 0 amide bonds. The first-order valence-electron chi connectivity index (χ1n) is 18.3. The van der Waals surface area contributed by atoms with Crippen molar-refractivity contribution in [1.82, 2.24) is 0 Å². The van der Waals surface area contributed by atoms with E-state index in [1.54, 1.807) is 11.1 Å². The van der Waals surface area contributed by atoms with E-state index in [-0.39, 0.29) is 5.60 Å². The smallest absolute Gasteiger partial charge is 0.0879 e. The van der Waals surface area contributed by atoms with Gasteiger partial charge in [-0.15, -0.1) is 0 Å². The second-order valence-corrected chi connectivity index (χ2v) is 21.3. The summed E-state index contributed by atoms with van der Waals surface area (Å²) in [5.74, 6) is 6.73. The maximum absolute atomic E-state index is 6.96. The number of fused-ring (bicyclic) bond motifs is 2. The van der Waals surface area contributed by atoms with Crippen LogP contribution < -0.4 is 0 Å². The highest BCUT2D eigenvalue weighted by molar-refractivity contribution is 6.81. The summed E-state index contributed by atoms with van der Waals surface area (Å²) in [6, 6.07) is 23.2. The Labute approximate surface area is 267 Å². The maximum atomic E-state index is 6.96. The molecule has 0 bridgehead atoms. The standard InChI is InChI=1S/C38H56OSi.C3H8/c1-26-23-34-30(28-15-9-7-10-16-28)19-13-21-32(34)36(26)40(6,25-39-38(3,4)5)37-27(2)24-35-31(20-14-22-33(35)37)29-17-11-8-12-18-29;1-3-2/h7-12,15-18,26-27,30-37H,13-14,19-25H2,1-6H3;3H2,1-2H3. The highest BCUT2D eigenvalue weighted by Gasteiger charge is 2.61. The first-order valence-corrected chi connectivity index (χ1v) is 21.2. The molecule has 0 aromatic heterocycles. The van der Waals surface area contributed by atoms with Crippen LogP contribution in [0.2, 0.25) is 17.6 Å². The van der Waals surface area contributed by atoms with Crippen molar-refractivity contribution >= 4 is 8.07 Å². The van der Waals surface area contributed by atoms with Crippen molar-refractivity contribution in [1.29, 1.82) is 0 Å². The zero-order valence-electron chi connectivity index (χ0n) is 29.0. The minimum atomic E-state index is -1.82. The monoisotopic (exact) mass is 600 g/mol. The van der Waals surface area contributed by atoms with Crippen LogP contribution in [-0.2, 0) is 4.74 Å². The molecular formula is C41H64OSi. The molecule has 10 unspecified atom stereocenters. The zero-order valence-corrected chi connectivity index (χ0v) is 30.0. The van der Waals surface area contributed by atoms with E-state index in [0.29, 0.717) is 0 Å². The van der Waals surface area contributed by atoms with Gasteiger partial charge in [-0.2, -0.15) is 0 Å². The van der Waals surface area contributed by atoms with Crippen LogP contribution in [0, 0.1) is 35.5 Å². The van der Waals surface area contributed by atoms with Crippen LogP contribution in [0.5, 0.6) is 0 Å². The van der Waals surface area contributed by atoms with Gasteiger partial charge in [-0.05, 0) is 116 Å². The molecule has 10 atom stereocenters. The summed E-state index contributed by atoms with van der Waals surface area (Å²) >= 11 is 0. The fraction of sp³-hybridized carbons (Fsp3) is 0.707. The predicted octanol–water partition coefficient (Wildman–Crippen LogP) is 12.1. The van der Waals surface area contributed by atoms with Gasteiger partial charge in [0.05, 0.1) is 13.7 Å². The van der Waals surface area contributed by atoms with E-state index < -0.39 is 8.07 Å². The van der Waals surface area contributed by atoms with E-state index in [1.165, 1.54) is 57.8 Å². The van der Waals surface area contributed by atoms with Crippen LogP contribution in [0.4, 0.5) is 0 Å². The van der Waals surface area contributed by atoms with E-state index in [4.69, 9.17) is 4.74 Å². The van der Waals surface area contributed by atoms with Crippen molar-refractivity contribution in [2.24, 2.45) is 35.5 Å². The molecule has 0 aliphatic heterocycles. The third kappa shape index (κ3) is 6.91. The lowest BCUT2D eigenvalue weighted by molar-refractivity contribution is 0.0190. The zero-order chi connectivity index (χ0) is 30.8. The van der Waals surface area contributed by atoms with E-state index >= 15 is 0 Å². The Kier molecular flexibility index (Phi) is 10.7. The molecule has 2 aromatic rings. The van der Waals surface area contributed by atoms with Gasteiger partial charge in [0.15, 0.2) is 0 Å². The first-order chi connectivity index (χ1) is 20.6. The maximum Gasteiger partial charge on any atom is 0.0879 e. The Hall–Kier alpha value is -1.38. The summed E-state index contributed by atoms with van der Waals surface area (Å²) in [4.78, 5) is 0. The molecule has 4 aliphatic carbocycles. The molecule has 0 N–H and O–H groups in total. The molecule has 43 heavy (non-hydrogen) atoms. The van der Waals surface area contributed by atoms with Gasteiger partial charge >= 0.3 is 0 Å². The average Bonchev–Trinajstić information content (AvgIpc) is 3.53. The average molecular weight is 601 g/mol. The number of benzene rings is 2. The summed E-state index contributed by atoms with van der Waals surface area (Å²) in [6.45, 7) is 19.3.